The van der Waals surface area contributed by atoms with Crippen molar-refractivity contribution >= 4 is 0 Å². The van der Waals surface area contributed by atoms with Crippen LogP contribution in [0.5, 0.6) is 0 Å². The molecule has 0 aromatic carbocycles. The van der Waals surface area contributed by atoms with Crippen molar-refractivity contribution in [1.29, 1.82) is 0 Å². The molecule has 1 saturated carbocycles. The second-order valence-electron chi connectivity index (χ2n) is 6.23. The summed E-state index contributed by atoms with van der Waals surface area (Å²) in [5, 5.41) is 3.69. The highest BCUT2D eigenvalue weighted by molar-refractivity contribution is 4.84. The van der Waals surface area contributed by atoms with E-state index in [0.29, 0.717) is 6.04 Å². The third-order valence-electron chi connectivity index (χ3n) is 4.29. The fourth-order valence-corrected chi connectivity index (χ4v) is 2.86. The molecule has 2 aliphatic rings. The highest BCUT2D eigenvalue weighted by Gasteiger charge is 2.30. The number of hydrogen-bond donors (Lipinski definition) is 1. The van der Waals surface area contributed by atoms with Crippen LogP contribution in [0.1, 0.15) is 40.0 Å². The molecule has 2 heteroatoms. The second kappa shape index (κ2) is 5.50. The van der Waals surface area contributed by atoms with Crippen molar-refractivity contribution in [3.05, 3.63) is 0 Å². The van der Waals surface area contributed by atoms with E-state index < -0.39 is 0 Å². The summed E-state index contributed by atoms with van der Waals surface area (Å²) in [7, 11) is 0. The van der Waals surface area contributed by atoms with Crippen LogP contribution in [0.25, 0.3) is 0 Å². The lowest BCUT2D eigenvalue weighted by atomic mass is 10.0. The van der Waals surface area contributed by atoms with Gasteiger partial charge in [-0.2, -0.15) is 0 Å². The van der Waals surface area contributed by atoms with Crippen molar-refractivity contribution in [2.45, 2.75) is 46.1 Å². The van der Waals surface area contributed by atoms with Crippen LogP contribution in [-0.4, -0.2) is 37.1 Å². The molecular weight excluding hydrogens is 196 g/mol. The van der Waals surface area contributed by atoms with E-state index in [-0.39, 0.29) is 0 Å². The first kappa shape index (κ1) is 12.4. The van der Waals surface area contributed by atoms with E-state index >= 15 is 0 Å². The smallest absolute Gasteiger partial charge is 0.0217 e. The molecule has 1 saturated heterocycles. The van der Waals surface area contributed by atoms with Crippen LogP contribution in [0.4, 0.5) is 0 Å². The van der Waals surface area contributed by atoms with E-state index in [1.165, 1.54) is 45.4 Å². The van der Waals surface area contributed by atoms with Gasteiger partial charge in [0.15, 0.2) is 0 Å². The van der Waals surface area contributed by atoms with Crippen LogP contribution in [0.2, 0.25) is 0 Å². The molecule has 1 aliphatic heterocycles. The quantitative estimate of drug-likeness (QED) is 0.788. The SMILES string of the molecule is CC(C)C1CN(CC(C)C2CC2)CCCN1. The molecule has 1 heterocycles. The summed E-state index contributed by atoms with van der Waals surface area (Å²) in [4.78, 5) is 2.70. The zero-order chi connectivity index (χ0) is 11.5. The Morgan fingerprint density at radius 2 is 2.00 bits per heavy atom. The Morgan fingerprint density at radius 3 is 2.62 bits per heavy atom. The molecular formula is C14H28N2. The summed E-state index contributed by atoms with van der Waals surface area (Å²) in [6.45, 7) is 12.2. The summed E-state index contributed by atoms with van der Waals surface area (Å²) >= 11 is 0. The Hall–Kier alpha value is -0.0800. The number of hydrogen-bond acceptors (Lipinski definition) is 2. The number of nitrogens with zero attached hydrogens (tertiary/aromatic N) is 1. The molecule has 2 unspecified atom stereocenters. The maximum atomic E-state index is 3.69. The fraction of sp³-hybridized carbons (Fsp3) is 1.00. The van der Waals surface area contributed by atoms with Crippen molar-refractivity contribution in [3.63, 3.8) is 0 Å². The van der Waals surface area contributed by atoms with Gasteiger partial charge in [0.25, 0.3) is 0 Å². The number of nitrogens with one attached hydrogen (secondary N) is 1. The van der Waals surface area contributed by atoms with Crippen LogP contribution in [0.3, 0.4) is 0 Å². The average Bonchev–Trinajstić information content (AvgIpc) is 3.04. The summed E-state index contributed by atoms with van der Waals surface area (Å²) in [5.74, 6) is 2.73. The molecule has 2 nitrogen and oxygen atoms in total. The van der Waals surface area contributed by atoms with Crippen LogP contribution in [-0.2, 0) is 0 Å². The molecule has 94 valence electrons. The average molecular weight is 224 g/mol. The summed E-state index contributed by atoms with van der Waals surface area (Å²) < 4.78 is 0. The molecule has 0 aromatic rings. The monoisotopic (exact) mass is 224 g/mol. The van der Waals surface area contributed by atoms with Gasteiger partial charge in [-0.25, -0.2) is 0 Å². The van der Waals surface area contributed by atoms with Crippen LogP contribution in [0.15, 0.2) is 0 Å². The molecule has 2 atom stereocenters. The normalized spacial score (nSPS) is 30.4. The molecule has 2 rings (SSSR count). The standard InChI is InChI=1S/C14H28N2/c1-11(2)14-10-16(8-4-7-15-14)9-12(3)13-5-6-13/h11-15H,4-10H2,1-3H3. The van der Waals surface area contributed by atoms with Gasteiger partial charge in [-0.1, -0.05) is 20.8 Å². The van der Waals surface area contributed by atoms with Crippen LogP contribution in [0, 0.1) is 17.8 Å². The lowest BCUT2D eigenvalue weighted by Crippen LogP contribution is -2.42. The van der Waals surface area contributed by atoms with Gasteiger partial charge >= 0.3 is 0 Å². The van der Waals surface area contributed by atoms with E-state index in [0.717, 1.165) is 17.8 Å². The molecule has 0 bridgehead atoms. The highest BCUT2D eigenvalue weighted by atomic mass is 15.2. The van der Waals surface area contributed by atoms with Gasteiger partial charge in [-0.3, -0.25) is 0 Å². The Morgan fingerprint density at radius 1 is 1.25 bits per heavy atom. The van der Waals surface area contributed by atoms with Crippen molar-refractivity contribution in [3.8, 4) is 0 Å². The minimum Gasteiger partial charge on any atom is -0.312 e. The van der Waals surface area contributed by atoms with Crippen LogP contribution >= 0.6 is 0 Å². The summed E-state index contributed by atoms with van der Waals surface area (Å²) in [5.41, 5.74) is 0. The Kier molecular flexibility index (Phi) is 4.26. The van der Waals surface area contributed by atoms with Crippen LogP contribution < -0.4 is 5.32 Å². The summed E-state index contributed by atoms with van der Waals surface area (Å²) in [6.07, 6.45) is 4.29. The third kappa shape index (κ3) is 3.46. The molecule has 2 fully saturated rings. The Bertz CT molecular complexity index is 211. The zero-order valence-corrected chi connectivity index (χ0v) is 11.2. The zero-order valence-electron chi connectivity index (χ0n) is 11.2. The summed E-state index contributed by atoms with van der Waals surface area (Å²) in [6, 6.07) is 0.703. The van der Waals surface area contributed by atoms with Gasteiger partial charge in [-0.05, 0) is 50.1 Å². The van der Waals surface area contributed by atoms with E-state index in [1.54, 1.807) is 0 Å². The van der Waals surface area contributed by atoms with E-state index in [2.05, 4.69) is 31.0 Å². The molecule has 0 spiro atoms. The molecule has 16 heavy (non-hydrogen) atoms. The van der Waals surface area contributed by atoms with Gasteiger partial charge in [0.2, 0.25) is 0 Å². The Labute approximate surface area is 101 Å². The topological polar surface area (TPSA) is 15.3 Å². The van der Waals surface area contributed by atoms with Crippen molar-refractivity contribution in [1.82, 2.24) is 10.2 Å². The van der Waals surface area contributed by atoms with Gasteiger partial charge < -0.3 is 10.2 Å². The predicted octanol–water partition coefficient (Wildman–Crippen LogP) is 2.35. The first-order valence-corrected chi connectivity index (χ1v) is 7.12. The third-order valence-corrected chi connectivity index (χ3v) is 4.29. The largest absolute Gasteiger partial charge is 0.312 e. The fourth-order valence-electron chi connectivity index (χ4n) is 2.86. The first-order chi connectivity index (χ1) is 7.66. The van der Waals surface area contributed by atoms with Gasteiger partial charge in [0.05, 0.1) is 0 Å². The molecule has 1 N–H and O–H groups in total. The van der Waals surface area contributed by atoms with Crippen molar-refractivity contribution < 1.29 is 0 Å². The van der Waals surface area contributed by atoms with E-state index in [9.17, 15) is 0 Å². The van der Waals surface area contributed by atoms with Crippen molar-refractivity contribution in [2.75, 3.05) is 26.2 Å². The maximum Gasteiger partial charge on any atom is 0.0217 e. The molecule has 1 aliphatic carbocycles. The Balaban J connectivity index is 1.82. The van der Waals surface area contributed by atoms with Crippen molar-refractivity contribution in [2.24, 2.45) is 17.8 Å². The van der Waals surface area contributed by atoms with Gasteiger partial charge in [0, 0.05) is 19.1 Å². The van der Waals surface area contributed by atoms with E-state index in [4.69, 9.17) is 0 Å². The predicted molar refractivity (Wildman–Crippen MR) is 69.6 cm³/mol. The minimum absolute atomic E-state index is 0.703. The lowest BCUT2D eigenvalue weighted by molar-refractivity contribution is 0.208. The first-order valence-electron chi connectivity index (χ1n) is 7.12. The molecule has 0 amide bonds. The molecule has 0 radical (unpaired) electrons. The maximum absolute atomic E-state index is 3.69. The number of rotatable bonds is 4. The molecule has 0 aromatic heterocycles. The van der Waals surface area contributed by atoms with Gasteiger partial charge in [0.1, 0.15) is 0 Å². The highest BCUT2D eigenvalue weighted by Crippen LogP contribution is 2.36. The lowest BCUT2D eigenvalue weighted by Gasteiger charge is -2.28. The van der Waals surface area contributed by atoms with Gasteiger partial charge in [-0.15, -0.1) is 0 Å². The second-order valence-corrected chi connectivity index (χ2v) is 6.23. The minimum atomic E-state index is 0.703. The van der Waals surface area contributed by atoms with E-state index in [1.807, 2.05) is 0 Å².